The first-order valence-electron chi connectivity index (χ1n) is 10.4. The van der Waals surface area contributed by atoms with E-state index in [2.05, 4.69) is 48.3 Å². The van der Waals surface area contributed by atoms with E-state index in [9.17, 15) is 4.79 Å². The standard InChI is InChI=1S/C24H32N2O2/c1-4-23(28-21-13-12-18(2)19(3)17-21)24(27)25-14-8-16-26-15-7-10-20-9-5-6-11-22(20)26/h5-6,9,11-13,17,23H,4,7-8,10,14-16H2,1-3H3,(H,25,27). The average Bonchev–Trinajstić information content (AvgIpc) is 2.71. The molecular formula is C24H32N2O2. The van der Waals surface area contributed by atoms with Crippen LogP contribution in [0.2, 0.25) is 0 Å². The molecule has 0 saturated heterocycles. The van der Waals surface area contributed by atoms with Crippen LogP contribution in [0.15, 0.2) is 42.5 Å². The molecule has 1 heterocycles. The van der Waals surface area contributed by atoms with Crippen molar-refractivity contribution >= 4 is 11.6 Å². The van der Waals surface area contributed by atoms with Crippen molar-refractivity contribution in [3.05, 3.63) is 59.2 Å². The number of aryl methyl sites for hydroxylation is 3. The van der Waals surface area contributed by atoms with E-state index in [1.807, 2.05) is 25.1 Å². The van der Waals surface area contributed by atoms with Crippen molar-refractivity contribution in [2.75, 3.05) is 24.5 Å². The van der Waals surface area contributed by atoms with Gasteiger partial charge in [0, 0.05) is 25.3 Å². The number of ether oxygens (including phenoxy) is 1. The van der Waals surface area contributed by atoms with Crippen LogP contribution >= 0.6 is 0 Å². The summed E-state index contributed by atoms with van der Waals surface area (Å²) in [5.41, 5.74) is 5.19. The summed E-state index contributed by atoms with van der Waals surface area (Å²) < 4.78 is 5.93. The maximum atomic E-state index is 12.5. The molecular weight excluding hydrogens is 348 g/mol. The fraction of sp³-hybridized carbons (Fsp3) is 0.458. The summed E-state index contributed by atoms with van der Waals surface area (Å²) in [4.78, 5) is 15.0. The number of carbonyl (C=O) groups excluding carboxylic acids is 1. The van der Waals surface area contributed by atoms with E-state index in [4.69, 9.17) is 4.74 Å². The number of fused-ring (bicyclic) bond motifs is 1. The van der Waals surface area contributed by atoms with Crippen LogP contribution in [0.3, 0.4) is 0 Å². The lowest BCUT2D eigenvalue weighted by molar-refractivity contribution is -0.128. The van der Waals surface area contributed by atoms with E-state index in [1.54, 1.807) is 0 Å². The molecule has 28 heavy (non-hydrogen) atoms. The highest BCUT2D eigenvalue weighted by molar-refractivity contribution is 5.81. The number of hydrogen-bond acceptors (Lipinski definition) is 3. The third-order valence-electron chi connectivity index (χ3n) is 5.53. The quantitative estimate of drug-likeness (QED) is 0.689. The van der Waals surface area contributed by atoms with E-state index >= 15 is 0 Å². The third-order valence-corrected chi connectivity index (χ3v) is 5.53. The molecule has 4 heteroatoms. The van der Waals surface area contributed by atoms with Crippen LogP contribution in [0.25, 0.3) is 0 Å². The molecule has 1 amide bonds. The monoisotopic (exact) mass is 380 g/mol. The molecule has 4 nitrogen and oxygen atoms in total. The lowest BCUT2D eigenvalue weighted by atomic mass is 10.0. The molecule has 0 spiro atoms. The molecule has 0 aliphatic carbocycles. The van der Waals surface area contributed by atoms with Crippen LogP contribution in [0.5, 0.6) is 5.75 Å². The number of benzene rings is 2. The second-order valence-corrected chi connectivity index (χ2v) is 7.62. The van der Waals surface area contributed by atoms with Crippen LogP contribution < -0.4 is 15.0 Å². The van der Waals surface area contributed by atoms with Gasteiger partial charge in [-0.15, -0.1) is 0 Å². The zero-order chi connectivity index (χ0) is 19.9. The molecule has 3 rings (SSSR count). The Bertz CT molecular complexity index is 803. The van der Waals surface area contributed by atoms with Gasteiger partial charge in [0.15, 0.2) is 6.10 Å². The van der Waals surface area contributed by atoms with Crippen LogP contribution in [0.1, 0.15) is 42.9 Å². The van der Waals surface area contributed by atoms with E-state index < -0.39 is 6.10 Å². The highest BCUT2D eigenvalue weighted by Crippen LogP contribution is 2.26. The molecule has 0 aromatic heterocycles. The van der Waals surface area contributed by atoms with E-state index in [1.165, 1.54) is 28.8 Å². The normalized spacial score (nSPS) is 14.3. The Kier molecular flexibility index (Phi) is 6.96. The molecule has 0 bridgehead atoms. The van der Waals surface area contributed by atoms with Crippen molar-refractivity contribution in [3.63, 3.8) is 0 Å². The summed E-state index contributed by atoms with van der Waals surface area (Å²) in [6.45, 7) is 8.84. The predicted octanol–water partition coefficient (Wildman–Crippen LogP) is 4.42. The summed E-state index contributed by atoms with van der Waals surface area (Å²) in [6, 6.07) is 14.6. The Morgan fingerprint density at radius 1 is 1.18 bits per heavy atom. The van der Waals surface area contributed by atoms with Gasteiger partial charge in [-0.3, -0.25) is 4.79 Å². The first kappa shape index (κ1) is 20.2. The number of rotatable bonds is 8. The minimum Gasteiger partial charge on any atom is -0.481 e. The topological polar surface area (TPSA) is 41.6 Å². The number of anilines is 1. The van der Waals surface area contributed by atoms with Gasteiger partial charge in [-0.05, 0) is 74.4 Å². The predicted molar refractivity (Wildman–Crippen MR) is 115 cm³/mol. The number of amides is 1. The molecule has 1 N–H and O–H groups in total. The second kappa shape index (κ2) is 9.63. The molecule has 1 unspecified atom stereocenters. The molecule has 0 fully saturated rings. The SMILES string of the molecule is CCC(Oc1ccc(C)c(C)c1)C(=O)NCCCN1CCCc2ccccc21. The van der Waals surface area contributed by atoms with E-state index in [0.717, 1.165) is 31.7 Å². The smallest absolute Gasteiger partial charge is 0.261 e. The summed E-state index contributed by atoms with van der Waals surface area (Å²) in [7, 11) is 0. The summed E-state index contributed by atoms with van der Waals surface area (Å²) in [6.07, 6.45) is 3.50. The number of para-hydroxylation sites is 1. The number of nitrogens with zero attached hydrogens (tertiary/aromatic N) is 1. The Morgan fingerprint density at radius 2 is 2.00 bits per heavy atom. The van der Waals surface area contributed by atoms with Crippen molar-refractivity contribution in [2.45, 2.75) is 52.6 Å². The molecule has 1 aliphatic heterocycles. The maximum Gasteiger partial charge on any atom is 0.261 e. The lowest BCUT2D eigenvalue weighted by Gasteiger charge is -2.31. The highest BCUT2D eigenvalue weighted by Gasteiger charge is 2.19. The van der Waals surface area contributed by atoms with Gasteiger partial charge in [0.25, 0.3) is 5.91 Å². The van der Waals surface area contributed by atoms with Gasteiger partial charge in [-0.25, -0.2) is 0 Å². The maximum absolute atomic E-state index is 12.5. The largest absolute Gasteiger partial charge is 0.481 e. The van der Waals surface area contributed by atoms with Gasteiger partial charge >= 0.3 is 0 Å². The van der Waals surface area contributed by atoms with Gasteiger partial charge < -0.3 is 15.0 Å². The fourth-order valence-corrected chi connectivity index (χ4v) is 3.71. The fourth-order valence-electron chi connectivity index (χ4n) is 3.71. The molecule has 2 aromatic rings. The van der Waals surface area contributed by atoms with Crippen LogP contribution in [-0.4, -0.2) is 31.6 Å². The number of nitrogens with one attached hydrogen (secondary N) is 1. The Balaban J connectivity index is 1.46. The molecule has 1 aliphatic rings. The Morgan fingerprint density at radius 3 is 2.79 bits per heavy atom. The highest BCUT2D eigenvalue weighted by atomic mass is 16.5. The Hall–Kier alpha value is -2.49. The van der Waals surface area contributed by atoms with E-state index in [-0.39, 0.29) is 5.91 Å². The molecule has 0 radical (unpaired) electrons. The minimum atomic E-state index is -0.446. The lowest BCUT2D eigenvalue weighted by Crippen LogP contribution is -2.39. The summed E-state index contributed by atoms with van der Waals surface area (Å²) in [5.74, 6) is 0.731. The third kappa shape index (κ3) is 5.06. The average molecular weight is 381 g/mol. The van der Waals surface area contributed by atoms with Crippen molar-refractivity contribution in [1.82, 2.24) is 5.32 Å². The summed E-state index contributed by atoms with van der Waals surface area (Å²) >= 11 is 0. The van der Waals surface area contributed by atoms with Gasteiger partial charge in [-0.2, -0.15) is 0 Å². The van der Waals surface area contributed by atoms with Crippen molar-refractivity contribution in [3.8, 4) is 5.75 Å². The van der Waals surface area contributed by atoms with Gasteiger partial charge in [0.1, 0.15) is 5.75 Å². The number of carbonyl (C=O) groups is 1. The zero-order valence-corrected chi connectivity index (χ0v) is 17.3. The molecule has 1 atom stereocenters. The van der Waals surface area contributed by atoms with Crippen LogP contribution in [0.4, 0.5) is 5.69 Å². The Labute approximate surface area is 168 Å². The zero-order valence-electron chi connectivity index (χ0n) is 17.3. The van der Waals surface area contributed by atoms with Gasteiger partial charge in [0.05, 0.1) is 0 Å². The van der Waals surface area contributed by atoms with Crippen LogP contribution in [0, 0.1) is 13.8 Å². The molecule has 2 aromatic carbocycles. The second-order valence-electron chi connectivity index (χ2n) is 7.62. The van der Waals surface area contributed by atoms with Gasteiger partial charge in [0.2, 0.25) is 0 Å². The first-order valence-corrected chi connectivity index (χ1v) is 10.4. The van der Waals surface area contributed by atoms with Crippen molar-refractivity contribution < 1.29 is 9.53 Å². The first-order chi connectivity index (χ1) is 13.6. The van der Waals surface area contributed by atoms with Crippen molar-refractivity contribution in [2.24, 2.45) is 0 Å². The van der Waals surface area contributed by atoms with Crippen LogP contribution in [-0.2, 0) is 11.2 Å². The van der Waals surface area contributed by atoms with Crippen molar-refractivity contribution in [1.29, 1.82) is 0 Å². The summed E-state index contributed by atoms with van der Waals surface area (Å²) in [5, 5.41) is 3.05. The minimum absolute atomic E-state index is 0.0280. The van der Waals surface area contributed by atoms with Gasteiger partial charge in [-0.1, -0.05) is 31.2 Å². The molecule has 150 valence electrons. The molecule has 0 saturated carbocycles. The van der Waals surface area contributed by atoms with E-state index in [0.29, 0.717) is 13.0 Å². The number of hydrogen-bond donors (Lipinski definition) is 1.